The molecule has 2 rings (SSSR count). The number of nitriles is 1. The van der Waals surface area contributed by atoms with Gasteiger partial charge in [-0.2, -0.15) is 5.26 Å². The fourth-order valence-electron chi connectivity index (χ4n) is 2.06. The number of nitrogens with two attached hydrogens (primary N) is 1. The van der Waals surface area contributed by atoms with Gasteiger partial charge < -0.3 is 11.1 Å². The van der Waals surface area contributed by atoms with E-state index in [1.807, 2.05) is 6.07 Å². The van der Waals surface area contributed by atoms with Gasteiger partial charge in [-0.05, 0) is 29.8 Å². The molecule has 1 atom stereocenters. The van der Waals surface area contributed by atoms with Gasteiger partial charge in [0.15, 0.2) is 0 Å². The van der Waals surface area contributed by atoms with Crippen LogP contribution in [0.25, 0.3) is 0 Å². The Morgan fingerprint density at radius 2 is 1.83 bits per heavy atom. The van der Waals surface area contributed by atoms with Gasteiger partial charge in [0.25, 0.3) is 5.91 Å². The normalized spacial score (nSPS) is 11.3. The highest BCUT2D eigenvalue weighted by atomic mass is 19.1. The maximum absolute atomic E-state index is 13.6. The third-order valence-electron chi connectivity index (χ3n) is 3.29. The second-order valence-corrected chi connectivity index (χ2v) is 4.92. The first-order valence-corrected chi connectivity index (χ1v) is 6.85. The van der Waals surface area contributed by atoms with Crippen LogP contribution in [0.2, 0.25) is 0 Å². The standard InChI is InChI=1S/C17H14FN3O2/c18-14-4-2-1-3-13(14)17(23)21-15(16(20)22)9-11-5-7-12(10-19)8-6-11/h1-8,15H,9H2,(H2,20,22)(H,21,23)/t15-/m0/s1. The number of rotatable bonds is 5. The Balaban J connectivity index is 2.12. The highest BCUT2D eigenvalue weighted by molar-refractivity contribution is 5.97. The maximum atomic E-state index is 13.6. The van der Waals surface area contributed by atoms with Gasteiger partial charge in [0.1, 0.15) is 11.9 Å². The number of primary amides is 1. The molecule has 0 aromatic heterocycles. The molecule has 0 unspecified atom stereocenters. The third-order valence-corrected chi connectivity index (χ3v) is 3.29. The number of carbonyl (C=O) groups excluding carboxylic acids is 2. The molecule has 0 saturated heterocycles. The Morgan fingerprint density at radius 1 is 1.17 bits per heavy atom. The van der Waals surface area contributed by atoms with Crippen LogP contribution < -0.4 is 11.1 Å². The predicted molar refractivity (Wildman–Crippen MR) is 81.7 cm³/mol. The van der Waals surface area contributed by atoms with Gasteiger partial charge in [-0.15, -0.1) is 0 Å². The van der Waals surface area contributed by atoms with Crippen molar-refractivity contribution in [1.29, 1.82) is 5.26 Å². The first kappa shape index (κ1) is 16.2. The van der Waals surface area contributed by atoms with Crippen molar-refractivity contribution in [3.05, 3.63) is 71.0 Å². The zero-order valence-electron chi connectivity index (χ0n) is 12.1. The first-order valence-electron chi connectivity index (χ1n) is 6.85. The van der Waals surface area contributed by atoms with E-state index in [0.29, 0.717) is 5.56 Å². The van der Waals surface area contributed by atoms with Gasteiger partial charge in [0, 0.05) is 6.42 Å². The molecule has 23 heavy (non-hydrogen) atoms. The van der Waals surface area contributed by atoms with Crippen molar-refractivity contribution in [1.82, 2.24) is 5.32 Å². The van der Waals surface area contributed by atoms with Crippen molar-refractivity contribution < 1.29 is 14.0 Å². The Kier molecular flexibility index (Phi) is 5.05. The van der Waals surface area contributed by atoms with Crippen LogP contribution >= 0.6 is 0 Å². The van der Waals surface area contributed by atoms with E-state index >= 15 is 0 Å². The number of nitrogens with zero attached hydrogens (tertiary/aromatic N) is 1. The summed E-state index contributed by atoms with van der Waals surface area (Å²) in [5, 5.41) is 11.2. The zero-order chi connectivity index (χ0) is 16.8. The Morgan fingerprint density at radius 3 is 2.39 bits per heavy atom. The van der Waals surface area contributed by atoms with Gasteiger partial charge >= 0.3 is 0 Å². The Labute approximate surface area is 132 Å². The number of nitrogens with one attached hydrogen (secondary N) is 1. The number of carbonyl (C=O) groups is 2. The monoisotopic (exact) mass is 311 g/mol. The minimum absolute atomic E-state index is 0.154. The van der Waals surface area contributed by atoms with Crippen molar-refractivity contribution >= 4 is 11.8 Å². The molecule has 2 amide bonds. The zero-order valence-corrected chi connectivity index (χ0v) is 12.1. The van der Waals surface area contributed by atoms with Crippen LogP contribution in [0.15, 0.2) is 48.5 Å². The van der Waals surface area contributed by atoms with Gasteiger partial charge in [-0.25, -0.2) is 4.39 Å². The van der Waals surface area contributed by atoms with Crippen LogP contribution in [0.3, 0.4) is 0 Å². The molecule has 2 aromatic carbocycles. The summed E-state index contributed by atoms with van der Waals surface area (Å²) in [6.07, 6.45) is 0.154. The van der Waals surface area contributed by atoms with Crippen LogP contribution in [-0.4, -0.2) is 17.9 Å². The van der Waals surface area contributed by atoms with E-state index in [4.69, 9.17) is 11.0 Å². The lowest BCUT2D eigenvalue weighted by molar-refractivity contribution is -0.119. The minimum atomic E-state index is -0.977. The molecule has 0 spiro atoms. The van der Waals surface area contributed by atoms with Crippen LogP contribution in [0.5, 0.6) is 0 Å². The smallest absolute Gasteiger partial charge is 0.254 e. The summed E-state index contributed by atoms with van der Waals surface area (Å²) in [5.74, 6) is -2.11. The van der Waals surface area contributed by atoms with E-state index in [1.165, 1.54) is 18.2 Å². The lowest BCUT2D eigenvalue weighted by atomic mass is 10.0. The average Bonchev–Trinajstić information content (AvgIpc) is 2.55. The molecule has 0 aliphatic carbocycles. The van der Waals surface area contributed by atoms with Crippen molar-refractivity contribution in [3.63, 3.8) is 0 Å². The molecule has 0 radical (unpaired) electrons. The molecule has 3 N–H and O–H groups in total. The van der Waals surface area contributed by atoms with Crippen LogP contribution in [0, 0.1) is 17.1 Å². The van der Waals surface area contributed by atoms with Crippen molar-refractivity contribution in [2.24, 2.45) is 5.73 Å². The van der Waals surface area contributed by atoms with E-state index in [1.54, 1.807) is 24.3 Å². The van der Waals surface area contributed by atoms with E-state index in [2.05, 4.69) is 5.32 Å². The summed E-state index contributed by atoms with van der Waals surface area (Å²) in [5.41, 5.74) is 6.36. The van der Waals surface area contributed by atoms with Crippen molar-refractivity contribution in [2.75, 3.05) is 0 Å². The lowest BCUT2D eigenvalue weighted by Crippen LogP contribution is -2.46. The van der Waals surface area contributed by atoms with Crippen LogP contribution in [0.4, 0.5) is 4.39 Å². The van der Waals surface area contributed by atoms with Crippen molar-refractivity contribution in [3.8, 4) is 6.07 Å². The Hall–Kier alpha value is -3.20. The van der Waals surface area contributed by atoms with Crippen LogP contribution in [0.1, 0.15) is 21.5 Å². The molecular formula is C17H14FN3O2. The van der Waals surface area contributed by atoms with Crippen molar-refractivity contribution in [2.45, 2.75) is 12.5 Å². The van der Waals surface area contributed by atoms with Gasteiger partial charge in [0.05, 0.1) is 17.2 Å². The van der Waals surface area contributed by atoms with Gasteiger partial charge in [0.2, 0.25) is 5.91 Å². The number of benzene rings is 2. The SMILES string of the molecule is N#Cc1ccc(C[C@H](NC(=O)c2ccccc2F)C(N)=O)cc1. The highest BCUT2D eigenvalue weighted by Crippen LogP contribution is 2.09. The summed E-state index contributed by atoms with van der Waals surface area (Å²) in [7, 11) is 0. The van der Waals surface area contributed by atoms with E-state index in [9.17, 15) is 14.0 Å². The van der Waals surface area contributed by atoms with E-state index in [-0.39, 0.29) is 12.0 Å². The van der Waals surface area contributed by atoms with Gasteiger partial charge in [-0.3, -0.25) is 9.59 Å². The molecule has 0 fully saturated rings. The average molecular weight is 311 g/mol. The molecule has 2 aromatic rings. The lowest BCUT2D eigenvalue weighted by Gasteiger charge is -2.16. The Bertz CT molecular complexity index is 766. The number of halogens is 1. The molecule has 6 heteroatoms. The molecule has 0 heterocycles. The number of hydrogen-bond acceptors (Lipinski definition) is 3. The molecule has 5 nitrogen and oxygen atoms in total. The molecule has 0 saturated carbocycles. The summed E-state index contributed by atoms with van der Waals surface area (Å²) >= 11 is 0. The maximum Gasteiger partial charge on any atom is 0.254 e. The second-order valence-electron chi connectivity index (χ2n) is 4.92. The van der Waals surface area contributed by atoms with Gasteiger partial charge in [-0.1, -0.05) is 24.3 Å². The predicted octanol–water partition coefficient (Wildman–Crippen LogP) is 1.52. The fourth-order valence-corrected chi connectivity index (χ4v) is 2.06. The molecular weight excluding hydrogens is 297 g/mol. The minimum Gasteiger partial charge on any atom is -0.368 e. The number of amides is 2. The number of hydrogen-bond donors (Lipinski definition) is 2. The second kappa shape index (κ2) is 7.18. The highest BCUT2D eigenvalue weighted by Gasteiger charge is 2.21. The summed E-state index contributed by atoms with van der Waals surface area (Å²) < 4.78 is 13.6. The molecule has 116 valence electrons. The molecule has 0 aliphatic heterocycles. The molecule has 0 aliphatic rings. The third kappa shape index (κ3) is 4.14. The topological polar surface area (TPSA) is 96.0 Å². The van der Waals surface area contributed by atoms with E-state index < -0.39 is 23.7 Å². The summed E-state index contributed by atoms with van der Waals surface area (Å²) in [6.45, 7) is 0. The van der Waals surface area contributed by atoms with Crippen LogP contribution in [-0.2, 0) is 11.2 Å². The van der Waals surface area contributed by atoms with E-state index in [0.717, 1.165) is 11.6 Å². The molecule has 0 bridgehead atoms. The summed E-state index contributed by atoms with van der Waals surface area (Å²) in [6, 6.07) is 13.0. The quantitative estimate of drug-likeness (QED) is 0.876. The fraction of sp³-hybridized carbons (Fsp3) is 0.118. The summed E-state index contributed by atoms with van der Waals surface area (Å²) in [4.78, 5) is 23.6. The first-order chi connectivity index (χ1) is 11.0. The largest absolute Gasteiger partial charge is 0.368 e.